The first-order chi connectivity index (χ1) is 10.1. The molecule has 21 heavy (non-hydrogen) atoms. The van der Waals surface area contributed by atoms with E-state index >= 15 is 0 Å². The van der Waals surface area contributed by atoms with Gasteiger partial charge in [-0.05, 0) is 32.2 Å². The molecule has 1 atom stereocenters. The third-order valence-corrected chi connectivity index (χ3v) is 4.54. The summed E-state index contributed by atoms with van der Waals surface area (Å²) in [4.78, 5) is 26.2. The zero-order valence-corrected chi connectivity index (χ0v) is 13.4. The molecule has 0 bridgehead atoms. The fourth-order valence-corrected chi connectivity index (χ4v) is 3.07. The Morgan fingerprint density at radius 2 is 1.81 bits per heavy atom. The highest BCUT2D eigenvalue weighted by Gasteiger charge is 2.29. The van der Waals surface area contributed by atoms with Crippen molar-refractivity contribution in [3.8, 4) is 0 Å². The van der Waals surface area contributed by atoms with Crippen LogP contribution in [-0.2, 0) is 9.59 Å². The van der Waals surface area contributed by atoms with Gasteiger partial charge in [-0.25, -0.2) is 0 Å². The number of likely N-dealkylation sites (tertiary alicyclic amines) is 1. The predicted molar refractivity (Wildman–Crippen MR) is 82.8 cm³/mol. The second kappa shape index (κ2) is 7.78. The minimum atomic E-state index is 0.00862. The second-order valence-electron chi connectivity index (χ2n) is 6.62. The van der Waals surface area contributed by atoms with Gasteiger partial charge in [-0.2, -0.15) is 0 Å². The Labute approximate surface area is 127 Å². The van der Waals surface area contributed by atoms with Crippen LogP contribution >= 0.6 is 0 Å². The molecule has 0 aliphatic carbocycles. The monoisotopic (exact) mass is 295 g/mol. The minimum Gasteiger partial charge on any atom is -0.353 e. The predicted octanol–water partition coefficient (Wildman–Crippen LogP) is 1.28. The van der Waals surface area contributed by atoms with Gasteiger partial charge in [-0.1, -0.05) is 26.7 Å². The largest absolute Gasteiger partial charge is 0.353 e. The summed E-state index contributed by atoms with van der Waals surface area (Å²) >= 11 is 0. The van der Waals surface area contributed by atoms with Gasteiger partial charge in [-0.15, -0.1) is 0 Å². The zero-order chi connectivity index (χ0) is 15.2. The number of hydrogen-bond donors (Lipinski definition) is 2. The summed E-state index contributed by atoms with van der Waals surface area (Å²) in [5.74, 6) is 0.399. The van der Waals surface area contributed by atoms with Crippen molar-refractivity contribution in [3.05, 3.63) is 0 Å². The third kappa shape index (κ3) is 4.70. The maximum Gasteiger partial charge on any atom is 0.239 e. The molecule has 0 aromatic carbocycles. The van der Waals surface area contributed by atoms with Gasteiger partial charge in [0.25, 0.3) is 0 Å². The van der Waals surface area contributed by atoms with Crippen LogP contribution in [0.25, 0.3) is 0 Å². The van der Waals surface area contributed by atoms with Crippen molar-refractivity contribution < 1.29 is 9.59 Å². The van der Waals surface area contributed by atoms with Gasteiger partial charge in [-0.3, -0.25) is 9.59 Å². The molecule has 0 aromatic rings. The van der Waals surface area contributed by atoms with Crippen LogP contribution in [0.3, 0.4) is 0 Å². The highest BCUT2D eigenvalue weighted by Crippen LogP contribution is 2.16. The first kappa shape index (κ1) is 16.3. The van der Waals surface area contributed by atoms with Crippen LogP contribution < -0.4 is 10.6 Å². The van der Waals surface area contributed by atoms with Crippen LogP contribution in [-0.4, -0.2) is 48.4 Å². The standard InChI is InChI=1S/C16H29N3O2/c1-12(2)15(20)18-13-7-10-19(11-8-13)16(21)14-6-4-3-5-9-17-14/h12-14,17H,3-11H2,1-2H3,(H,18,20). The smallest absolute Gasteiger partial charge is 0.239 e. The van der Waals surface area contributed by atoms with E-state index in [0.717, 1.165) is 45.3 Å². The van der Waals surface area contributed by atoms with Crippen molar-refractivity contribution in [1.29, 1.82) is 0 Å². The Morgan fingerprint density at radius 1 is 1.10 bits per heavy atom. The number of nitrogens with one attached hydrogen (secondary N) is 2. The summed E-state index contributed by atoms with van der Waals surface area (Å²) in [7, 11) is 0. The Bertz CT molecular complexity index is 355. The number of rotatable bonds is 3. The van der Waals surface area contributed by atoms with Crippen LogP contribution in [0.1, 0.15) is 52.4 Å². The molecule has 2 aliphatic rings. The number of carbonyl (C=O) groups is 2. The van der Waals surface area contributed by atoms with Gasteiger partial charge in [0.15, 0.2) is 0 Å². The first-order valence-electron chi connectivity index (χ1n) is 8.40. The summed E-state index contributed by atoms with van der Waals surface area (Å²) < 4.78 is 0. The molecule has 2 fully saturated rings. The molecule has 5 nitrogen and oxygen atoms in total. The third-order valence-electron chi connectivity index (χ3n) is 4.54. The van der Waals surface area contributed by atoms with Crippen molar-refractivity contribution in [3.63, 3.8) is 0 Å². The van der Waals surface area contributed by atoms with Crippen molar-refractivity contribution in [1.82, 2.24) is 15.5 Å². The SMILES string of the molecule is CC(C)C(=O)NC1CCN(C(=O)C2CCCCCN2)CC1. The number of carbonyl (C=O) groups excluding carboxylic acids is 2. The van der Waals surface area contributed by atoms with E-state index in [9.17, 15) is 9.59 Å². The Hall–Kier alpha value is -1.10. The topological polar surface area (TPSA) is 61.4 Å². The summed E-state index contributed by atoms with van der Waals surface area (Å²) in [6.07, 6.45) is 6.24. The molecule has 2 heterocycles. The van der Waals surface area contributed by atoms with E-state index in [2.05, 4.69) is 10.6 Å². The number of amides is 2. The van der Waals surface area contributed by atoms with Gasteiger partial charge in [0.2, 0.25) is 11.8 Å². The Kier molecular flexibility index (Phi) is 6.03. The lowest BCUT2D eigenvalue weighted by Crippen LogP contribution is -2.52. The van der Waals surface area contributed by atoms with Crippen LogP contribution in [0, 0.1) is 5.92 Å². The highest BCUT2D eigenvalue weighted by molar-refractivity contribution is 5.82. The van der Waals surface area contributed by atoms with Gasteiger partial charge in [0.05, 0.1) is 6.04 Å². The number of piperidine rings is 1. The minimum absolute atomic E-state index is 0.00862. The Morgan fingerprint density at radius 3 is 2.48 bits per heavy atom. The van der Waals surface area contributed by atoms with E-state index in [1.165, 1.54) is 12.8 Å². The van der Waals surface area contributed by atoms with Crippen molar-refractivity contribution in [2.75, 3.05) is 19.6 Å². The summed E-state index contributed by atoms with van der Waals surface area (Å²) in [5.41, 5.74) is 0. The number of hydrogen-bond acceptors (Lipinski definition) is 3. The van der Waals surface area contributed by atoms with Gasteiger partial charge >= 0.3 is 0 Å². The molecule has 120 valence electrons. The first-order valence-corrected chi connectivity index (χ1v) is 8.40. The molecule has 1 unspecified atom stereocenters. The molecular formula is C16H29N3O2. The Balaban J connectivity index is 1.77. The summed E-state index contributed by atoms with van der Waals surface area (Å²) in [6, 6.07) is 0.236. The summed E-state index contributed by atoms with van der Waals surface area (Å²) in [6.45, 7) is 6.30. The molecule has 2 N–H and O–H groups in total. The van der Waals surface area contributed by atoms with E-state index in [1.807, 2.05) is 18.7 Å². The van der Waals surface area contributed by atoms with Crippen molar-refractivity contribution in [2.24, 2.45) is 5.92 Å². The molecule has 0 aromatic heterocycles. The van der Waals surface area contributed by atoms with E-state index in [4.69, 9.17) is 0 Å². The molecule has 0 radical (unpaired) electrons. The molecule has 2 aliphatic heterocycles. The van der Waals surface area contributed by atoms with Crippen LogP contribution in [0.5, 0.6) is 0 Å². The molecule has 0 spiro atoms. The molecule has 2 rings (SSSR count). The average molecular weight is 295 g/mol. The lowest BCUT2D eigenvalue weighted by molar-refractivity contribution is -0.134. The lowest BCUT2D eigenvalue weighted by atomic mass is 10.0. The lowest BCUT2D eigenvalue weighted by Gasteiger charge is -2.34. The van der Waals surface area contributed by atoms with Crippen LogP contribution in [0.15, 0.2) is 0 Å². The van der Waals surface area contributed by atoms with Crippen LogP contribution in [0.2, 0.25) is 0 Å². The van der Waals surface area contributed by atoms with Gasteiger partial charge in [0.1, 0.15) is 0 Å². The second-order valence-corrected chi connectivity index (χ2v) is 6.62. The number of nitrogens with zero attached hydrogens (tertiary/aromatic N) is 1. The molecule has 2 saturated heterocycles. The maximum atomic E-state index is 12.5. The highest BCUT2D eigenvalue weighted by atomic mass is 16.2. The van der Waals surface area contributed by atoms with E-state index in [1.54, 1.807) is 0 Å². The van der Waals surface area contributed by atoms with Crippen LogP contribution in [0.4, 0.5) is 0 Å². The molecule has 0 saturated carbocycles. The van der Waals surface area contributed by atoms with Crippen molar-refractivity contribution >= 4 is 11.8 Å². The maximum absolute atomic E-state index is 12.5. The van der Waals surface area contributed by atoms with E-state index < -0.39 is 0 Å². The van der Waals surface area contributed by atoms with E-state index in [-0.39, 0.29) is 29.8 Å². The van der Waals surface area contributed by atoms with Gasteiger partial charge in [0, 0.05) is 25.0 Å². The quantitative estimate of drug-likeness (QED) is 0.824. The zero-order valence-electron chi connectivity index (χ0n) is 13.4. The molecule has 2 amide bonds. The molecular weight excluding hydrogens is 266 g/mol. The molecule has 5 heteroatoms. The van der Waals surface area contributed by atoms with E-state index in [0.29, 0.717) is 0 Å². The van der Waals surface area contributed by atoms with Gasteiger partial charge < -0.3 is 15.5 Å². The van der Waals surface area contributed by atoms with Crippen molar-refractivity contribution in [2.45, 2.75) is 64.5 Å². The fraction of sp³-hybridized carbons (Fsp3) is 0.875. The summed E-state index contributed by atoms with van der Waals surface area (Å²) in [5, 5.41) is 6.45. The fourth-order valence-electron chi connectivity index (χ4n) is 3.07. The normalized spacial score (nSPS) is 24.7. The average Bonchev–Trinajstić information content (AvgIpc) is 2.76.